The van der Waals surface area contributed by atoms with Crippen LogP contribution in [0.2, 0.25) is 10.0 Å². The Labute approximate surface area is 141 Å². The molecule has 1 saturated carbocycles. The normalized spacial score (nSPS) is 23.1. The number of amides is 1. The molecule has 1 amide bonds. The van der Waals surface area contributed by atoms with Gasteiger partial charge in [0, 0.05) is 35.7 Å². The molecule has 1 spiro atoms. The molecule has 3 nitrogen and oxygen atoms in total. The first-order valence-corrected chi connectivity index (χ1v) is 8.66. The molecule has 0 bridgehead atoms. The Morgan fingerprint density at radius 1 is 1.23 bits per heavy atom. The van der Waals surface area contributed by atoms with Crippen LogP contribution in [-0.2, 0) is 16.0 Å². The zero-order chi connectivity index (χ0) is 15.6. The highest BCUT2D eigenvalue weighted by Crippen LogP contribution is 2.48. The molecule has 1 aliphatic carbocycles. The number of hydrogen-bond donors (Lipinski definition) is 1. The van der Waals surface area contributed by atoms with Crippen LogP contribution in [0.4, 0.5) is 0 Å². The highest BCUT2D eigenvalue weighted by Gasteiger charge is 2.47. The predicted molar refractivity (Wildman–Crippen MR) is 88.4 cm³/mol. The van der Waals surface area contributed by atoms with Crippen molar-refractivity contribution in [2.75, 3.05) is 13.2 Å². The Hall–Kier alpha value is -0.770. The first-order chi connectivity index (χ1) is 10.6. The molecule has 1 saturated heterocycles. The number of hydrogen-bond acceptors (Lipinski definition) is 2. The Balaban J connectivity index is 1.53. The molecule has 1 unspecified atom stereocenters. The van der Waals surface area contributed by atoms with Crippen molar-refractivity contribution in [1.82, 2.24) is 5.32 Å². The fourth-order valence-electron chi connectivity index (χ4n) is 3.57. The van der Waals surface area contributed by atoms with Crippen molar-refractivity contribution in [2.45, 2.75) is 44.6 Å². The van der Waals surface area contributed by atoms with Gasteiger partial charge in [-0.25, -0.2) is 0 Å². The number of nitrogens with one attached hydrogen (secondary N) is 1. The van der Waals surface area contributed by atoms with Gasteiger partial charge in [-0.1, -0.05) is 29.3 Å². The van der Waals surface area contributed by atoms with Gasteiger partial charge in [0.1, 0.15) is 0 Å². The van der Waals surface area contributed by atoms with Crippen molar-refractivity contribution in [1.29, 1.82) is 0 Å². The standard InChI is InChI=1S/C17H21Cl2NO2/c18-13-2-1-3-14(19)12(13)4-5-16(21)20-15-6-7-17(15)8-10-22-11-9-17/h1-3,15H,4-11H2,(H,20,21). The van der Waals surface area contributed by atoms with Crippen molar-refractivity contribution in [2.24, 2.45) is 5.41 Å². The van der Waals surface area contributed by atoms with E-state index >= 15 is 0 Å². The second-order valence-corrected chi connectivity index (χ2v) is 7.15. The Bertz CT molecular complexity index is 535. The molecular formula is C17H21Cl2NO2. The molecule has 1 heterocycles. The minimum absolute atomic E-state index is 0.0894. The van der Waals surface area contributed by atoms with Gasteiger partial charge in [0.25, 0.3) is 0 Å². The van der Waals surface area contributed by atoms with Crippen molar-refractivity contribution >= 4 is 29.1 Å². The zero-order valence-electron chi connectivity index (χ0n) is 12.5. The van der Waals surface area contributed by atoms with E-state index < -0.39 is 0 Å². The summed E-state index contributed by atoms with van der Waals surface area (Å²) >= 11 is 12.3. The molecule has 1 aliphatic heterocycles. The van der Waals surface area contributed by atoms with Gasteiger partial charge in [-0.05, 0) is 55.2 Å². The van der Waals surface area contributed by atoms with Gasteiger partial charge in [0.15, 0.2) is 0 Å². The summed E-state index contributed by atoms with van der Waals surface area (Å²) in [4.78, 5) is 12.2. The molecule has 1 aromatic carbocycles. The van der Waals surface area contributed by atoms with Crippen LogP contribution in [0.25, 0.3) is 0 Å². The van der Waals surface area contributed by atoms with Crippen LogP contribution < -0.4 is 5.32 Å². The van der Waals surface area contributed by atoms with Crippen molar-refractivity contribution < 1.29 is 9.53 Å². The largest absolute Gasteiger partial charge is 0.381 e. The quantitative estimate of drug-likeness (QED) is 0.898. The number of carbonyl (C=O) groups excluding carboxylic acids is 1. The predicted octanol–water partition coefficient (Wildman–Crippen LogP) is 4.00. The van der Waals surface area contributed by atoms with E-state index in [1.807, 2.05) is 18.2 Å². The fraction of sp³-hybridized carbons (Fsp3) is 0.588. The molecule has 5 heteroatoms. The number of halogens is 2. The van der Waals surface area contributed by atoms with Gasteiger partial charge in [-0.15, -0.1) is 0 Å². The van der Waals surface area contributed by atoms with Gasteiger partial charge < -0.3 is 10.1 Å². The van der Waals surface area contributed by atoms with E-state index in [9.17, 15) is 4.79 Å². The molecule has 2 fully saturated rings. The van der Waals surface area contributed by atoms with Crippen LogP contribution in [-0.4, -0.2) is 25.2 Å². The van der Waals surface area contributed by atoms with Crippen LogP contribution in [0.15, 0.2) is 18.2 Å². The lowest BCUT2D eigenvalue weighted by Crippen LogP contribution is -2.57. The van der Waals surface area contributed by atoms with Gasteiger partial charge >= 0.3 is 0 Å². The molecule has 120 valence electrons. The van der Waals surface area contributed by atoms with Gasteiger partial charge in [0.2, 0.25) is 5.91 Å². The van der Waals surface area contributed by atoms with E-state index in [4.69, 9.17) is 27.9 Å². The lowest BCUT2D eigenvalue weighted by molar-refractivity contribution is -0.127. The molecule has 2 aliphatic rings. The molecule has 3 rings (SSSR count). The van der Waals surface area contributed by atoms with E-state index in [-0.39, 0.29) is 11.3 Å². The van der Waals surface area contributed by atoms with Crippen molar-refractivity contribution in [3.63, 3.8) is 0 Å². The number of rotatable bonds is 4. The smallest absolute Gasteiger partial charge is 0.220 e. The van der Waals surface area contributed by atoms with Crippen LogP contribution >= 0.6 is 23.2 Å². The third-order valence-electron chi connectivity index (χ3n) is 5.16. The van der Waals surface area contributed by atoms with Crippen LogP contribution in [0.5, 0.6) is 0 Å². The highest BCUT2D eigenvalue weighted by atomic mass is 35.5. The third kappa shape index (κ3) is 3.27. The third-order valence-corrected chi connectivity index (χ3v) is 5.87. The number of ether oxygens (including phenoxy) is 1. The van der Waals surface area contributed by atoms with E-state index in [0.29, 0.717) is 28.9 Å². The van der Waals surface area contributed by atoms with Crippen LogP contribution in [0, 0.1) is 5.41 Å². The Morgan fingerprint density at radius 2 is 1.91 bits per heavy atom. The molecule has 1 N–H and O–H groups in total. The SMILES string of the molecule is O=C(CCc1c(Cl)cccc1Cl)NC1CCC12CCOCC2. The summed E-state index contributed by atoms with van der Waals surface area (Å²) in [6.07, 6.45) is 5.42. The maximum absolute atomic E-state index is 12.2. The number of carbonyl (C=O) groups is 1. The van der Waals surface area contributed by atoms with Gasteiger partial charge in [-0.2, -0.15) is 0 Å². The first-order valence-electron chi connectivity index (χ1n) is 7.91. The maximum atomic E-state index is 12.2. The molecular weight excluding hydrogens is 321 g/mol. The number of benzene rings is 1. The summed E-state index contributed by atoms with van der Waals surface area (Å²) in [6.45, 7) is 1.64. The highest BCUT2D eigenvalue weighted by molar-refractivity contribution is 6.36. The maximum Gasteiger partial charge on any atom is 0.220 e. The monoisotopic (exact) mass is 341 g/mol. The van der Waals surface area contributed by atoms with Gasteiger partial charge in [-0.3, -0.25) is 4.79 Å². The molecule has 0 aromatic heterocycles. The zero-order valence-corrected chi connectivity index (χ0v) is 14.1. The molecule has 0 radical (unpaired) electrons. The molecule has 1 atom stereocenters. The summed E-state index contributed by atoms with van der Waals surface area (Å²) in [7, 11) is 0. The van der Waals surface area contributed by atoms with Crippen molar-refractivity contribution in [3.05, 3.63) is 33.8 Å². The summed E-state index contributed by atoms with van der Waals surface area (Å²) in [5.41, 5.74) is 1.14. The Kier molecular flexibility index (Phi) is 4.96. The van der Waals surface area contributed by atoms with E-state index in [1.54, 1.807) is 0 Å². The minimum atomic E-state index is 0.0894. The van der Waals surface area contributed by atoms with Crippen LogP contribution in [0.3, 0.4) is 0 Å². The topological polar surface area (TPSA) is 38.3 Å². The Morgan fingerprint density at radius 3 is 2.50 bits per heavy atom. The van der Waals surface area contributed by atoms with Gasteiger partial charge in [0.05, 0.1) is 0 Å². The van der Waals surface area contributed by atoms with E-state index in [0.717, 1.165) is 38.0 Å². The summed E-state index contributed by atoms with van der Waals surface area (Å²) in [6, 6.07) is 5.75. The van der Waals surface area contributed by atoms with E-state index in [2.05, 4.69) is 5.32 Å². The average Bonchev–Trinajstić information content (AvgIpc) is 2.52. The summed E-state index contributed by atoms with van der Waals surface area (Å²) in [5, 5.41) is 4.46. The second-order valence-electron chi connectivity index (χ2n) is 6.33. The summed E-state index contributed by atoms with van der Waals surface area (Å²) < 4.78 is 5.44. The molecule has 22 heavy (non-hydrogen) atoms. The lowest BCUT2D eigenvalue weighted by Gasteiger charge is -2.52. The average molecular weight is 342 g/mol. The van der Waals surface area contributed by atoms with Crippen molar-refractivity contribution in [3.8, 4) is 0 Å². The van der Waals surface area contributed by atoms with E-state index in [1.165, 1.54) is 6.42 Å². The van der Waals surface area contributed by atoms with Crippen LogP contribution in [0.1, 0.15) is 37.7 Å². The first kappa shape index (κ1) is 16.1. The minimum Gasteiger partial charge on any atom is -0.381 e. The fourth-order valence-corrected chi connectivity index (χ4v) is 4.16. The summed E-state index contributed by atoms with van der Waals surface area (Å²) in [5.74, 6) is 0.0894. The second kappa shape index (κ2) is 6.77. The lowest BCUT2D eigenvalue weighted by atomic mass is 9.60. The molecule has 1 aromatic rings.